The first-order valence-corrected chi connectivity index (χ1v) is 17.2. The number of benzene rings is 2. The number of para-hydroxylation sites is 2. The number of nitrogens with one attached hydrogen (secondary N) is 2. The van der Waals surface area contributed by atoms with Crippen molar-refractivity contribution in [2.75, 3.05) is 30.9 Å². The predicted molar refractivity (Wildman–Crippen MR) is 182 cm³/mol. The Morgan fingerprint density at radius 1 is 1.02 bits per heavy atom. The van der Waals surface area contributed by atoms with E-state index >= 15 is 0 Å². The van der Waals surface area contributed by atoms with E-state index in [0.717, 1.165) is 28.0 Å². The van der Waals surface area contributed by atoms with Crippen molar-refractivity contribution in [1.82, 2.24) is 15.2 Å². The van der Waals surface area contributed by atoms with Crippen LogP contribution in [-0.4, -0.2) is 98.9 Å². The van der Waals surface area contributed by atoms with E-state index in [1.54, 1.807) is 60.7 Å². The maximum absolute atomic E-state index is 13.6. The molecule has 5 rings (SSSR count). The van der Waals surface area contributed by atoms with Crippen LogP contribution in [0, 0.1) is 0 Å². The summed E-state index contributed by atoms with van der Waals surface area (Å²) in [4.78, 5) is 85.6. The third kappa shape index (κ3) is 10.4. The summed E-state index contributed by atoms with van der Waals surface area (Å²) in [6, 6.07) is 15.9. The first kappa shape index (κ1) is 40.8. The maximum atomic E-state index is 13.6. The minimum Gasteiger partial charge on any atom is -0.543 e. The van der Waals surface area contributed by atoms with E-state index in [2.05, 4.69) is 20.8 Å². The quantitative estimate of drug-likeness (QED) is 0.0460. The van der Waals surface area contributed by atoms with Crippen LogP contribution in [0.2, 0.25) is 0 Å². The van der Waals surface area contributed by atoms with Gasteiger partial charge in [0.2, 0.25) is 5.60 Å². The summed E-state index contributed by atoms with van der Waals surface area (Å²) in [5, 5.41) is 30.9. The molecule has 0 spiro atoms. The number of esters is 1. The number of oxime groups is 1. The Balaban J connectivity index is 0.00000627. The van der Waals surface area contributed by atoms with Crippen LogP contribution in [0.1, 0.15) is 19.5 Å². The van der Waals surface area contributed by atoms with Gasteiger partial charge in [-0.05, 0) is 38.1 Å². The molecule has 17 nitrogen and oxygen atoms in total. The molecule has 3 heterocycles. The Labute approximate surface area is 332 Å². The molecule has 20 heteroatoms. The molecule has 1 fully saturated rings. The topological polar surface area (TPSA) is 235 Å². The first-order valence-electron chi connectivity index (χ1n) is 15.3. The zero-order valence-corrected chi connectivity index (χ0v) is 32.1. The Morgan fingerprint density at radius 3 is 2.25 bits per heavy atom. The summed E-state index contributed by atoms with van der Waals surface area (Å²) in [5.74, 6) is -5.32. The summed E-state index contributed by atoms with van der Waals surface area (Å²) in [7, 11) is 0. The number of hydrogen-bond donors (Lipinski definition) is 3. The van der Waals surface area contributed by atoms with E-state index in [0.29, 0.717) is 11.5 Å². The molecule has 3 aromatic rings. The third-order valence-corrected chi connectivity index (χ3v) is 9.33. The summed E-state index contributed by atoms with van der Waals surface area (Å²) < 4.78 is 15.9. The molecular formula is C33H30N5NaO12S2. The number of carbonyl (C=O) groups is 6. The van der Waals surface area contributed by atoms with Crippen LogP contribution in [0.25, 0.3) is 0 Å². The number of carboxylic acid groups (broad SMARTS) is 2. The van der Waals surface area contributed by atoms with E-state index in [9.17, 15) is 39.0 Å². The monoisotopic (exact) mass is 775 g/mol. The molecule has 3 N–H and O–H groups in total. The van der Waals surface area contributed by atoms with Gasteiger partial charge in [0.15, 0.2) is 24.1 Å². The summed E-state index contributed by atoms with van der Waals surface area (Å²) in [5.41, 5.74) is -2.92. The van der Waals surface area contributed by atoms with E-state index in [4.69, 9.17) is 19.0 Å². The van der Waals surface area contributed by atoms with Crippen LogP contribution in [0.3, 0.4) is 0 Å². The molecule has 53 heavy (non-hydrogen) atoms. The number of aliphatic carboxylic acids is 2. The molecular weight excluding hydrogens is 746 g/mol. The number of nitrogens with zero attached hydrogens (tertiary/aromatic N) is 3. The van der Waals surface area contributed by atoms with Gasteiger partial charge in [0.05, 0.1) is 11.7 Å². The fourth-order valence-corrected chi connectivity index (χ4v) is 6.56. The van der Waals surface area contributed by atoms with Crippen LogP contribution in [0.4, 0.5) is 5.13 Å². The first-order chi connectivity index (χ1) is 24.8. The van der Waals surface area contributed by atoms with Crippen LogP contribution >= 0.6 is 23.1 Å². The number of β-lactam (4-membered cyclic amide) rings is 1. The molecule has 1 saturated heterocycles. The normalized spacial score (nSPS) is 16.6. The number of carbonyl (C=O) groups excluding carboxylic acids is 5. The fourth-order valence-electron chi connectivity index (χ4n) is 4.52. The van der Waals surface area contributed by atoms with Gasteiger partial charge in [0.1, 0.15) is 35.2 Å². The molecule has 0 radical (unpaired) electrons. The molecule has 2 aliphatic heterocycles. The summed E-state index contributed by atoms with van der Waals surface area (Å²) in [6.45, 7) is 1.16. The standard InChI is InChI=1S/C33H31N5O12S2.Na/c1-33(2,31(45)46)50-37-24(21-17-52-32(34-21)35-22(39)14-47-19-9-5-3-6-10-19)27(41)36-25-28(42)38-26(30(43)44)18(16-51-29(25)38)13-49-23(40)15-48-20-11-7-4-8-12-20;/h3-12,17,25,29H,13-16H2,1-2H3,(H,36,41)(H,43,44)(H,45,46)(H,34,35,39);/q;+1/p-1/b37-24-;/t25-,29-;/m1./s1. The predicted octanol–water partition coefficient (Wildman–Crippen LogP) is -2.23. The van der Waals surface area contributed by atoms with Gasteiger partial charge in [0, 0.05) is 16.7 Å². The van der Waals surface area contributed by atoms with Crippen molar-refractivity contribution < 1.29 is 87.6 Å². The second kappa shape index (κ2) is 18.2. The third-order valence-electron chi connectivity index (χ3n) is 7.24. The Kier molecular flexibility index (Phi) is 14.0. The second-order valence-electron chi connectivity index (χ2n) is 11.4. The number of rotatable bonds is 16. The van der Waals surface area contributed by atoms with Gasteiger partial charge < -0.3 is 39.4 Å². The molecule has 0 saturated carbocycles. The molecule has 2 atom stereocenters. The smallest absolute Gasteiger partial charge is 0.543 e. The minimum atomic E-state index is -1.88. The number of thiazole rings is 1. The molecule has 0 aliphatic carbocycles. The van der Waals surface area contributed by atoms with Gasteiger partial charge in [0.25, 0.3) is 17.7 Å². The van der Waals surface area contributed by atoms with E-state index in [-0.39, 0.29) is 58.3 Å². The fraction of sp³-hybridized carbons (Fsp3) is 0.273. The molecule has 2 aliphatic rings. The number of aromatic nitrogens is 1. The van der Waals surface area contributed by atoms with Gasteiger partial charge >= 0.3 is 41.5 Å². The summed E-state index contributed by atoms with van der Waals surface area (Å²) in [6.07, 6.45) is 0. The zero-order valence-electron chi connectivity index (χ0n) is 28.4. The van der Waals surface area contributed by atoms with Gasteiger partial charge in [-0.25, -0.2) is 14.6 Å². The molecule has 272 valence electrons. The van der Waals surface area contributed by atoms with Crippen molar-refractivity contribution in [1.29, 1.82) is 0 Å². The molecule has 1 aromatic heterocycles. The van der Waals surface area contributed by atoms with E-state index in [1.165, 1.54) is 19.2 Å². The Hall–Kier alpha value is -4.95. The number of anilines is 1. The number of amides is 3. The molecule has 3 amide bonds. The van der Waals surface area contributed by atoms with Crippen LogP contribution in [0.15, 0.2) is 82.5 Å². The van der Waals surface area contributed by atoms with Gasteiger partial charge in [-0.15, -0.1) is 23.1 Å². The summed E-state index contributed by atoms with van der Waals surface area (Å²) >= 11 is 2.02. The number of fused-ring (bicyclic) bond motifs is 1. The van der Waals surface area contributed by atoms with Gasteiger partial charge in [-0.1, -0.05) is 41.6 Å². The largest absolute Gasteiger partial charge is 1.00 e. The van der Waals surface area contributed by atoms with Crippen molar-refractivity contribution in [3.63, 3.8) is 0 Å². The number of carboxylic acids is 2. The molecule has 0 bridgehead atoms. The SMILES string of the molecule is CC(C)(O/N=C(\C(=O)N[C@@H]1C(=O)N2C(C(=O)[O-])=C(COC(=O)COc3ccccc3)CS[C@H]12)c1csc(NC(=O)COc2ccccc2)n1)C(=O)O.[Na+]. The maximum Gasteiger partial charge on any atom is 1.00 e. The molecule has 2 aromatic carbocycles. The zero-order chi connectivity index (χ0) is 37.4. The van der Waals surface area contributed by atoms with Crippen molar-refractivity contribution in [3.05, 3.63) is 83.0 Å². The number of ether oxygens (including phenoxy) is 3. The van der Waals surface area contributed by atoms with Crippen molar-refractivity contribution >= 4 is 69.6 Å². The van der Waals surface area contributed by atoms with Gasteiger partial charge in [-0.2, -0.15) is 0 Å². The van der Waals surface area contributed by atoms with Gasteiger partial charge in [-0.3, -0.25) is 24.6 Å². The van der Waals surface area contributed by atoms with Crippen LogP contribution < -0.4 is 54.8 Å². The number of thioether (sulfide) groups is 1. The average molecular weight is 776 g/mol. The van der Waals surface area contributed by atoms with Crippen LogP contribution in [-0.2, 0) is 38.3 Å². The van der Waals surface area contributed by atoms with E-state index < -0.39 is 77.3 Å². The Morgan fingerprint density at radius 2 is 1.64 bits per heavy atom. The number of hydrogen-bond acceptors (Lipinski definition) is 15. The minimum absolute atomic E-state index is 0. The second-order valence-corrected chi connectivity index (χ2v) is 13.4. The van der Waals surface area contributed by atoms with Crippen molar-refractivity contribution in [3.8, 4) is 11.5 Å². The Bertz CT molecular complexity index is 1920. The van der Waals surface area contributed by atoms with Crippen molar-refractivity contribution in [2.24, 2.45) is 5.16 Å². The average Bonchev–Trinajstić information content (AvgIpc) is 3.59. The van der Waals surface area contributed by atoms with Crippen molar-refractivity contribution in [2.45, 2.75) is 30.9 Å². The molecule has 0 unspecified atom stereocenters. The van der Waals surface area contributed by atoms with Crippen LogP contribution in [0.5, 0.6) is 11.5 Å². The van der Waals surface area contributed by atoms with E-state index in [1.807, 2.05) is 0 Å².